The molecule has 0 bridgehead atoms. The van der Waals surface area contributed by atoms with Crippen LogP contribution in [-0.2, 0) is 6.42 Å². The standard InChI is InChI=1S/C19H20FN3O/c1-2-10-21-19(24)14-7-9-18(22-12-14)23-17-5-3-4-13-6-8-15(20)11-16(13)17/h2,6-9,11-12,17H,1,3-5,10H2,(H,21,24)(H,22,23). The molecular weight excluding hydrogens is 305 g/mol. The van der Waals surface area contributed by atoms with E-state index in [0.29, 0.717) is 17.9 Å². The molecule has 5 heteroatoms. The van der Waals surface area contributed by atoms with Gasteiger partial charge in [0.25, 0.3) is 5.91 Å². The Bertz CT molecular complexity index is 743. The van der Waals surface area contributed by atoms with Crippen LogP contribution < -0.4 is 10.6 Å². The zero-order valence-corrected chi connectivity index (χ0v) is 13.4. The summed E-state index contributed by atoms with van der Waals surface area (Å²) < 4.78 is 13.6. The van der Waals surface area contributed by atoms with Crippen molar-refractivity contribution in [1.82, 2.24) is 10.3 Å². The van der Waals surface area contributed by atoms with Crippen LogP contribution in [0, 0.1) is 5.82 Å². The third kappa shape index (κ3) is 3.62. The minimum Gasteiger partial charge on any atom is -0.363 e. The van der Waals surface area contributed by atoms with Gasteiger partial charge in [-0.1, -0.05) is 12.1 Å². The van der Waals surface area contributed by atoms with Gasteiger partial charge in [-0.25, -0.2) is 9.37 Å². The third-order valence-electron chi connectivity index (χ3n) is 4.18. The van der Waals surface area contributed by atoms with Crippen molar-refractivity contribution in [1.29, 1.82) is 0 Å². The Morgan fingerprint density at radius 2 is 2.25 bits per heavy atom. The maximum Gasteiger partial charge on any atom is 0.253 e. The number of nitrogens with zero attached hydrogens (tertiary/aromatic N) is 1. The number of pyridine rings is 1. The summed E-state index contributed by atoms with van der Waals surface area (Å²) in [6.07, 6.45) is 6.12. The highest BCUT2D eigenvalue weighted by molar-refractivity contribution is 5.94. The Kier molecular flexibility index (Phi) is 4.89. The van der Waals surface area contributed by atoms with Crippen LogP contribution >= 0.6 is 0 Å². The van der Waals surface area contributed by atoms with Gasteiger partial charge in [-0.15, -0.1) is 6.58 Å². The van der Waals surface area contributed by atoms with E-state index in [9.17, 15) is 9.18 Å². The maximum absolute atomic E-state index is 13.6. The van der Waals surface area contributed by atoms with Gasteiger partial charge in [0.05, 0.1) is 11.6 Å². The number of fused-ring (bicyclic) bond motifs is 1. The number of carbonyl (C=O) groups excluding carboxylic acids is 1. The second-order valence-electron chi connectivity index (χ2n) is 5.86. The molecule has 0 saturated heterocycles. The predicted octanol–water partition coefficient (Wildman–Crippen LogP) is 3.63. The highest BCUT2D eigenvalue weighted by Crippen LogP contribution is 2.32. The highest BCUT2D eigenvalue weighted by Gasteiger charge is 2.21. The van der Waals surface area contributed by atoms with Crippen LogP contribution in [0.1, 0.15) is 40.4 Å². The predicted molar refractivity (Wildman–Crippen MR) is 92.5 cm³/mol. The SMILES string of the molecule is C=CCNC(=O)c1ccc(NC2CCCc3ccc(F)cc32)nc1. The average molecular weight is 325 g/mol. The first kappa shape index (κ1) is 16.2. The minimum atomic E-state index is -0.218. The van der Waals surface area contributed by atoms with Crippen molar-refractivity contribution >= 4 is 11.7 Å². The second-order valence-corrected chi connectivity index (χ2v) is 5.86. The van der Waals surface area contributed by atoms with Crippen LogP contribution in [0.4, 0.5) is 10.2 Å². The molecule has 0 spiro atoms. The van der Waals surface area contributed by atoms with Crippen molar-refractivity contribution in [3.63, 3.8) is 0 Å². The van der Waals surface area contributed by atoms with Gasteiger partial charge >= 0.3 is 0 Å². The molecule has 24 heavy (non-hydrogen) atoms. The molecule has 1 aromatic heterocycles. The molecule has 0 saturated carbocycles. The van der Waals surface area contributed by atoms with Crippen molar-refractivity contribution in [3.8, 4) is 0 Å². The van der Waals surface area contributed by atoms with Gasteiger partial charge in [0.15, 0.2) is 0 Å². The summed E-state index contributed by atoms with van der Waals surface area (Å²) in [6.45, 7) is 3.98. The van der Waals surface area contributed by atoms with Gasteiger partial charge < -0.3 is 10.6 Å². The number of anilines is 1. The molecule has 1 aliphatic carbocycles. The molecule has 0 aliphatic heterocycles. The Balaban J connectivity index is 1.72. The molecule has 2 N–H and O–H groups in total. The zero-order chi connectivity index (χ0) is 16.9. The van der Waals surface area contributed by atoms with Crippen molar-refractivity contribution in [2.24, 2.45) is 0 Å². The van der Waals surface area contributed by atoms with E-state index in [-0.39, 0.29) is 17.8 Å². The lowest BCUT2D eigenvalue weighted by atomic mass is 9.87. The number of carbonyl (C=O) groups is 1. The number of halogens is 1. The second kappa shape index (κ2) is 7.25. The lowest BCUT2D eigenvalue weighted by Gasteiger charge is -2.27. The summed E-state index contributed by atoms with van der Waals surface area (Å²) in [4.78, 5) is 16.2. The molecule has 1 heterocycles. The van der Waals surface area contributed by atoms with Gasteiger partial charge in [0.2, 0.25) is 0 Å². The molecule has 0 fully saturated rings. The number of hydrogen-bond acceptors (Lipinski definition) is 3. The first-order valence-corrected chi connectivity index (χ1v) is 8.07. The highest BCUT2D eigenvalue weighted by atomic mass is 19.1. The Morgan fingerprint density at radius 3 is 3.00 bits per heavy atom. The molecule has 2 aromatic rings. The van der Waals surface area contributed by atoms with E-state index >= 15 is 0 Å². The fourth-order valence-electron chi connectivity index (χ4n) is 2.98. The summed E-state index contributed by atoms with van der Waals surface area (Å²) in [5, 5.41) is 6.06. The van der Waals surface area contributed by atoms with Crippen molar-refractivity contribution < 1.29 is 9.18 Å². The van der Waals surface area contributed by atoms with Crippen LogP contribution in [0.25, 0.3) is 0 Å². The minimum absolute atomic E-state index is 0.0393. The number of rotatable bonds is 5. The smallest absolute Gasteiger partial charge is 0.253 e. The van der Waals surface area contributed by atoms with Crippen molar-refractivity contribution in [2.45, 2.75) is 25.3 Å². The lowest BCUT2D eigenvalue weighted by Crippen LogP contribution is -2.23. The molecule has 1 aromatic carbocycles. The van der Waals surface area contributed by atoms with Crippen LogP contribution in [0.3, 0.4) is 0 Å². The van der Waals surface area contributed by atoms with Gasteiger partial charge in [0, 0.05) is 12.7 Å². The van der Waals surface area contributed by atoms with E-state index in [0.717, 1.165) is 24.8 Å². The van der Waals surface area contributed by atoms with Crippen molar-refractivity contribution in [3.05, 3.63) is 71.7 Å². The monoisotopic (exact) mass is 325 g/mol. The van der Waals surface area contributed by atoms with Gasteiger partial charge in [0.1, 0.15) is 11.6 Å². The number of aryl methyl sites for hydroxylation is 1. The molecule has 1 amide bonds. The Hall–Kier alpha value is -2.69. The van der Waals surface area contributed by atoms with Crippen LogP contribution in [0.15, 0.2) is 49.2 Å². The quantitative estimate of drug-likeness (QED) is 0.826. The lowest BCUT2D eigenvalue weighted by molar-refractivity contribution is 0.0957. The summed E-state index contributed by atoms with van der Waals surface area (Å²) in [7, 11) is 0. The van der Waals surface area contributed by atoms with Gasteiger partial charge in [-0.05, 0) is 54.7 Å². The Labute approximate surface area is 140 Å². The normalized spacial score (nSPS) is 16.1. The van der Waals surface area contributed by atoms with E-state index in [1.807, 2.05) is 6.07 Å². The number of aromatic nitrogens is 1. The third-order valence-corrected chi connectivity index (χ3v) is 4.18. The fraction of sp³-hybridized carbons (Fsp3) is 0.263. The Morgan fingerprint density at radius 1 is 1.38 bits per heavy atom. The molecular formula is C19H20FN3O. The molecule has 1 aliphatic rings. The molecule has 3 rings (SSSR count). The first-order chi connectivity index (χ1) is 11.7. The summed E-state index contributed by atoms with van der Waals surface area (Å²) in [6, 6.07) is 8.51. The maximum atomic E-state index is 13.6. The molecule has 0 radical (unpaired) electrons. The molecule has 1 atom stereocenters. The summed E-state index contributed by atoms with van der Waals surface area (Å²) in [5.74, 6) is 0.279. The van der Waals surface area contributed by atoms with E-state index < -0.39 is 0 Å². The van der Waals surface area contributed by atoms with Crippen LogP contribution in [0.5, 0.6) is 0 Å². The molecule has 4 nitrogen and oxygen atoms in total. The van der Waals surface area contributed by atoms with E-state index in [2.05, 4.69) is 22.2 Å². The number of hydrogen-bond donors (Lipinski definition) is 2. The van der Waals surface area contributed by atoms with Crippen molar-refractivity contribution in [2.75, 3.05) is 11.9 Å². The largest absolute Gasteiger partial charge is 0.363 e. The van der Waals surface area contributed by atoms with E-state index in [4.69, 9.17) is 0 Å². The number of nitrogens with one attached hydrogen (secondary N) is 2. The zero-order valence-electron chi connectivity index (χ0n) is 13.4. The van der Waals surface area contributed by atoms with Crippen LogP contribution in [-0.4, -0.2) is 17.4 Å². The summed E-state index contributed by atoms with van der Waals surface area (Å²) in [5.41, 5.74) is 2.67. The average Bonchev–Trinajstić information content (AvgIpc) is 2.61. The van der Waals surface area contributed by atoms with Gasteiger partial charge in [-0.2, -0.15) is 0 Å². The summed E-state index contributed by atoms with van der Waals surface area (Å²) >= 11 is 0. The fourth-order valence-corrected chi connectivity index (χ4v) is 2.98. The van der Waals surface area contributed by atoms with Gasteiger partial charge in [-0.3, -0.25) is 4.79 Å². The first-order valence-electron chi connectivity index (χ1n) is 8.07. The van der Waals surface area contributed by atoms with E-state index in [1.165, 1.54) is 17.8 Å². The molecule has 1 unspecified atom stereocenters. The topological polar surface area (TPSA) is 54.0 Å². The molecule has 124 valence electrons. The van der Waals surface area contributed by atoms with E-state index in [1.54, 1.807) is 24.3 Å². The van der Waals surface area contributed by atoms with Crippen LogP contribution in [0.2, 0.25) is 0 Å². The number of amides is 1. The number of benzene rings is 1.